The summed E-state index contributed by atoms with van der Waals surface area (Å²) in [5.74, 6) is -0.440. The molecular formula is C21H26N2O4S. The number of rotatable bonds is 8. The van der Waals surface area contributed by atoms with Crippen molar-refractivity contribution in [1.29, 1.82) is 0 Å². The van der Waals surface area contributed by atoms with Gasteiger partial charge < -0.3 is 4.74 Å². The average molecular weight is 403 g/mol. The molecule has 2 aromatic rings. The molecule has 2 heterocycles. The molecule has 0 N–H and O–H groups in total. The number of ether oxygens (including phenoxy) is 1. The van der Waals surface area contributed by atoms with Gasteiger partial charge in [-0.3, -0.25) is 9.78 Å². The smallest absolute Gasteiger partial charge is 0.309 e. The second-order valence-corrected chi connectivity index (χ2v) is 9.02. The maximum Gasteiger partial charge on any atom is 0.309 e. The summed E-state index contributed by atoms with van der Waals surface area (Å²) in [6.45, 7) is 1.11. The monoisotopic (exact) mass is 402 g/mol. The van der Waals surface area contributed by atoms with Crippen LogP contribution in [0.4, 0.5) is 0 Å². The number of carbonyl (C=O) groups excluding carboxylic acids is 1. The molecule has 28 heavy (non-hydrogen) atoms. The summed E-state index contributed by atoms with van der Waals surface area (Å²) in [4.78, 5) is 16.3. The van der Waals surface area contributed by atoms with E-state index in [1.54, 1.807) is 6.20 Å². The van der Waals surface area contributed by atoms with Gasteiger partial charge in [0.2, 0.25) is 10.0 Å². The van der Waals surface area contributed by atoms with Crippen LogP contribution in [0.25, 0.3) is 0 Å². The van der Waals surface area contributed by atoms with Crippen LogP contribution in [0.3, 0.4) is 0 Å². The number of sulfonamides is 1. The van der Waals surface area contributed by atoms with Crippen LogP contribution < -0.4 is 0 Å². The lowest BCUT2D eigenvalue weighted by Crippen LogP contribution is -2.41. The van der Waals surface area contributed by atoms with Gasteiger partial charge in [-0.05, 0) is 42.9 Å². The number of hydrogen-bond donors (Lipinski definition) is 0. The molecule has 1 fully saturated rings. The van der Waals surface area contributed by atoms with Crippen molar-refractivity contribution in [2.24, 2.45) is 5.92 Å². The van der Waals surface area contributed by atoms with Gasteiger partial charge in [0, 0.05) is 25.5 Å². The van der Waals surface area contributed by atoms with Gasteiger partial charge in [0.1, 0.15) is 0 Å². The zero-order chi connectivity index (χ0) is 19.8. The van der Waals surface area contributed by atoms with Crippen LogP contribution in [0.2, 0.25) is 0 Å². The molecule has 1 aliphatic rings. The first-order valence-electron chi connectivity index (χ1n) is 9.62. The quantitative estimate of drug-likeness (QED) is 0.501. The number of benzene rings is 1. The number of aryl methyl sites for hydroxylation is 1. The Kier molecular flexibility index (Phi) is 7.17. The zero-order valence-corrected chi connectivity index (χ0v) is 16.7. The molecule has 6 nitrogen and oxygen atoms in total. The van der Waals surface area contributed by atoms with Gasteiger partial charge in [-0.1, -0.05) is 36.4 Å². The lowest BCUT2D eigenvalue weighted by atomic mass is 9.98. The summed E-state index contributed by atoms with van der Waals surface area (Å²) in [6.07, 6.45) is 6.13. The van der Waals surface area contributed by atoms with Gasteiger partial charge in [0.15, 0.2) is 0 Å². The van der Waals surface area contributed by atoms with Crippen LogP contribution in [-0.2, 0) is 31.7 Å². The SMILES string of the molecule is O=C(OCCCc1cccnc1)C1CCN(S(=O)(=O)Cc2ccccc2)CC1. The highest BCUT2D eigenvalue weighted by atomic mass is 32.2. The third-order valence-corrected chi connectivity index (χ3v) is 6.80. The van der Waals surface area contributed by atoms with E-state index in [0.717, 1.165) is 24.0 Å². The summed E-state index contributed by atoms with van der Waals surface area (Å²) in [6, 6.07) is 13.1. The molecule has 1 aromatic heterocycles. The fourth-order valence-corrected chi connectivity index (χ4v) is 4.92. The Balaban J connectivity index is 1.40. The predicted molar refractivity (Wildman–Crippen MR) is 107 cm³/mol. The molecule has 1 aliphatic heterocycles. The highest BCUT2D eigenvalue weighted by molar-refractivity contribution is 7.88. The lowest BCUT2D eigenvalue weighted by molar-refractivity contribution is -0.149. The van der Waals surface area contributed by atoms with Crippen LogP contribution in [0.1, 0.15) is 30.4 Å². The fourth-order valence-electron chi connectivity index (χ4n) is 3.36. The zero-order valence-electron chi connectivity index (χ0n) is 15.9. The van der Waals surface area contributed by atoms with Crippen LogP contribution in [0, 0.1) is 5.92 Å². The molecule has 1 saturated heterocycles. The molecule has 0 aliphatic carbocycles. The van der Waals surface area contributed by atoms with Crippen LogP contribution in [0.15, 0.2) is 54.9 Å². The summed E-state index contributed by atoms with van der Waals surface area (Å²) in [7, 11) is -3.36. The Morgan fingerprint density at radius 1 is 1.07 bits per heavy atom. The van der Waals surface area contributed by atoms with E-state index >= 15 is 0 Å². The Morgan fingerprint density at radius 2 is 1.79 bits per heavy atom. The second-order valence-electron chi connectivity index (χ2n) is 7.05. The minimum Gasteiger partial charge on any atom is -0.465 e. The number of nitrogens with zero attached hydrogens (tertiary/aromatic N) is 2. The van der Waals surface area contributed by atoms with Crippen LogP contribution in [0.5, 0.6) is 0 Å². The molecule has 0 bridgehead atoms. The van der Waals surface area contributed by atoms with E-state index < -0.39 is 10.0 Å². The first-order chi connectivity index (χ1) is 13.5. The molecule has 0 saturated carbocycles. The number of aromatic nitrogens is 1. The van der Waals surface area contributed by atoms with Gasteiger partial charge in [-0.15, -0.1) is 0 Å². The minimum absolute atomic E-state index is 0.00268. The number of carbonyl (C=O) groups is 1. The maximum atomic E-state index is 12.6. The molecule has 0 radical (unpaired) electrons. The van der Waals surface area contributed by atoms with Gasteiger partial charge in [0.05, 0.1) is 18.3 Å². The normalized spacial score (nSPS) is 16.0. The van der Waals surface area contributed by atoms with Gasteiger partial charge in [0.25, 0.3) is 0 Å². The molecule has 7 heteroatoms. The highest BCUT2D eigenvalue weighted by Gasteiger charge is 2.31. The van der Waals surface area contributed by atoms with Crippen molar-refractivity contribution < 1.29 is 17.9 Å². The number of hydrogen-bond acceptors (Lipinski definition) is 5. The standard InChI is InChI=1S/C21H26N2O4S/c24-21(27-15-5-9-18-8-4-12-22-16-18)20-10-13-23(14-11-20)28(25,26)17-19-6-2-1-3-7-19/h1-4,6-8,12,16,20H,5,9-11,13-15,17H2. The van der Waals surface area contributed by atoms with Crippen molar-refractivity contribution in [3.8, 4) is 0 Å². The molecule has 1 aromatic carbocycles. The molecule has 3 rings (SSSR count). The number of piperidine rings is 1. The van der Waals surface area contributed by atoms with Crippen molar-refractivity contribution >= 4 is 16.0 Å². The minimum atomic E-state index is -3.36. The van der Waals surface area contributed by atoms with E-state index in [9.17, 15) is 13.2 Å². The highest BCUT2D eigenvalue weighted by Crippen LogP contribution is 2.22. The van der Waals surface area contributed by atoms with Crippen molar-refractivity contribution in [3.05, 3.63) is 66.0 Å². The topological polar surface area (TPSA) is 76.6 Å². The molecule has 0 spiro atoms. The third kappa shape index (κ3) is 5.87. The van der Waals surface area contributed by atoms with Gasteiger partial charge in [-0.25, -0.2) is 12.7 Å². The summed E-state index contributed by atoms with van der Waals surface area (Å²) < 4.78 is 32.0. The van der Waals surface area contributed by atoms with Crippen molar-refractivity contribution in [2.45, 2.75) is 31.4 Å². The van der Waals surface area contributed by atoms with Crippen molar-refractivity contribution in [1.82, 2.24) is 9.29 Å². The lowest BCUT2D eigenvalue weighted by Gasteiger charge is -2.30. The molecule has 0 atom stereocenters. The van der Waals surface area contributed by atoms with E-state index in [-0.39, 0.29) is 17.6 Å². The Bertz CT molecular complexity index is 848. The second kappa shape index (κ2) is 9.80. The van der Waals surface area contributed by atoms with E-state index in [1.807, 2.05) is 48.7 Å². The first kappa shape index (κ1) is 20.5. The Hall–Kier alpha value is -2.25. The average Bonchev–Trinajstić information content (AvgIpc) is 2.72. The Labute approximate surface area is 166 Å². The number of esters is 1. The first-order valence-corrected chi connectivity index (χ1v) is 11.2. The molecule has 0 unspecified atom stereocenters. The largest absolute Gasteiger partial charge is 0.465 e. The van der Waals surface area contributed by atoms with Gasteiger partial charge >= 0.3 is 5.97 Å². The van der Waals surface area contributed by atoms with Crippen LogP contribution >= 0.6 is 0 Å². The Morgan fingerprint density at radius 3 is 2.46 bits per heavy atom. The summed E-state index contributed by atoms with van der Waals surface area (Å²) in [5, 5.41) is 0. The van der Waals surface area contributed by atoms with Gasteiger partial charge in [-0.2, -0.15) is 0 Å². The fraction of sp³-hybridized carbons (Fsp3) is 0.429. The molecular weight excluding hydrogens is 376 g/mol. The third-order valence-electron chi connectivity index (χ3n) is 4.95. The van der Waals surface area contributed by atoms with E-state index in [0.29, 0.717) is 32.5 Å². The summed E-state index contributed by atoms with van der Waals surface area (Å²) in [5.41, 5.74) is 1.90. The van der Waals surface area contributed by atoms with E-state index in [1.165, 1.54) is 4.31 Å². The van der Waals surface area contributed by atoms with Crippen LogP contribution in [-0.4, -0.2) is 43.4 Å². The predicted octanol–water partition coefficient (Wildman–Crippen LogP) is 2.80. The number of pyridine rings is 1. The molecule has 0 amide bonds. The van der Waals surface area contributed by atoms with Crippen molar-refractivity contribution in [2.75, 3.05) is 19.7 Å². The summed E-state index contributed by atoms with van der Waals surface area (Å²) >= 11 is 0. The van der Waals surface area contributed by atoms with E-state index in [2.05, 4.69) is 4.98 Å². The maximum absolute atomic E-state index is 12.6. The molecule has 150 valence electrons. The van der Waals surface area contributed by atoms with Crippen molar-refractivity contribution in [3.63, 3.8) is 0 Å². The van der Waals surface area contributed by atoms with E-state index in [4.69, 9.17) is 4.74 Å².